The molecule has 1 saturated carbocycles. The van der Waals surface area contributed by atoms with Gasteiger partial charge >= 0.3 is 0 Å². The molecule has 16 heavy (non-hydrogen) atoms. The van der Waals surface area contributed by atoms with Gasteiger partial charge < -0.3 is 0 Å². The fraction of sp³-hybridized carbons (Fsp3) is 0.750. The van der Waals surface area contributed by atoms with E-state index in [1.165, 1.54) is 25.7 Å². The molecule has 1 fully saturated rings. The Morgan fingerprint density at radius 2 is 2.25 bits per heavy atom. The first-order valence-corrected chi connectivity index (χ1v) is 6.61. The van der Waals surface area contributed by atoms with Crippen LogP contribution in [-0.2, 0) is 13.6 Å². The lowest BCUT2D eigenvalue weighted by molar-refractivity contribution is 0.199. The molecule has 1 aromatic rings. The van der Waals surface area contributed by atoms with E-state index < -0.39 is 0 Å². The maximum absolute atomic E-state index is 5.88. The lowest BCUT2D eigenvalue weighted by atomic mass is 10.2. The number of aryl methyl sites for hydroxylation is 1. The largest absolute Gasteiger partial charge is 0.293 e. The molecule has 1 aliphatic rings. The van der Waals surface area contributed by atoms with Crippen molar-refractivity contribution < 1.29 is 0 Å². The molecule has 1 aliphatic carbocycles. The smallest absolute Gasteiger partial charge is 0.0764 e. The van der Waals surface area contributed by atoms with Crippen LogP contribution in [-0.4, -0.2) is 33.1 Å². The van der Waals surface area contributed by atoms with E-state index in [9.17, 15) is 0 Å². The molecule has 0 saturated heterocycles. The third-order valence-electron chi connectivity index (χ3n) is 3.35. The van der Waals surface area contributed by atoms with E-state index in [0.717, 1.165) is 24.8 Å². The standard InChI is InChI=1S/C12H20ClN3/c1-15-8-6-11(14-15)10-16(9-7-13)12-4-2-3-5-12/h6,8,12H,2-5,7,9-10H2,1H3. The summed E-state index contributed by atoms with van der Waals surface area (Å²) >= 11 is 5.88. The van der Waals surface area contributed by atoms with E-state index in [2.05, 4.69) is 16.1 Å². The number of aromatic nitrogens is 2. The average molecular weight is 242 g/mol. The van der Waals surface area contributed by atoms with Crippen LogP contribution in [0.4, 0.5) is 0 Å². The van der Waals surface area contributed by atoms with Gasteiger partial charge in [-0.25, -0.2) is 0 Å². The van der Waals surface area contributed by atoms with Crippen molar-refractivity contribution in [1.29, 1.82) is 0 Å². The molecule has 0 amide bonds. The number of alkyl halides is 1. The predicted molar refractivity (Wildman–Crippen MR) is 66.6 cm³/mol. The van der Waals surface area contributed by atoms with Crippen LogP contribution in [0.5, 0.6) is 0 Å². The van der Waals surface area contributed by atoms with Crippen LogP contribution in [0.15, 0.2) is 12.3 Å². The van der Waals surface area contributed by atoms with E-state index >= 15 is 0 Å². The first-order chi connectivity index (χ1) is 7.79. The molecule has 90 valence electrons. The molecular formula is C12H20ClN3. The van der Waals surface area contributed by atoms with Crippen molar-refractivity contribution in [2.24, 2.45) is 7.05 Å². The van der Waals surface area contributed by atoms with E-state index in [0.29, 0.717) is 5.88 Å². The molecule has 0 spiro atoms. The van der Waals surface area contributed by atoms with Crippen molar-refractivity contribution in [3.63, 3.8) is 0 Å². The van der Waals surface area contributed by atoms with Gasteiger partial charge in [-0.05, 0) is 18.9 Å². The van der Waals surface area contributed by atoms with Gasteiger partial charge in [-0.3, -0.25) is 9.58 Å². The van der Waals surface area contributed by atoms with E-state index in [4.69, 9.17) is 11.6 Å². The summed E-state index contributed by atoms with van der Waals surface area (Å²) in [5.41, 5.74) is 1.15. The molecule has 0 unspecified atom stereocenters. The van der Waals surface area contributed by atoms with Crippen LogP contribution in [0.2, 0.25) is 0 Å². The SMILES string of the molecule is Cn1ccc(CN(CCCl)C2CCCC2)n1. The van der Waals surface area contributed by atoms with Crippen molar-refractivity contribution >= 4 is 11.6 Å². The zero-order valence-electron chi connectivity index (χ0n) is 9.90. The van der Waals surface area contributed by atoms with Gasteiger partial charge in [-0.1, -0.05) is 12.8 Å². The summed E-state index contributed by atoms with van der Waals surface area (Å²) in [5, 5.41) is 4.44. The summed E-state index contributed by atoms with van der Waals surface area (Å²) in [5.74, 6) is 0.712. The average Bonchev–Trinajstić information content (AvgIpc) is 2.88. The highest BCUT2D eigenvalue weighted by Gasteiger charge is 2.22. The lowest BCUT2D eigenvalue weighted by Crippen LogP contribution is -2.34. The molecule has 0 aromatic carbocycles. The molecule has 2 rings (SSSR count). The quantitative estimate of drug-likeness (QED) is 0.739. The second-order valence-corrected chi connectivity index (χ2v) is 4.96. The minimum absolute atomic E-state index is 0.712. The van der Waals surface area contributed by atoms with E-state index in [1.54, 1.807) is 0 Å². The summed E-state index contributed by atoms with van der Waals surface area (Å²) in [6, 6.07) is 2.82. The summed E-state index contributed by atoms with van der Waals surface area (Å²) in [6.45, 7) is 1.92. The van der Waals surface area contributed by atoms with Crippen molar-refractivity contribution in [2.75, 3.05) is 12.4 Å². The van der Waals surface area contributed by atoms with Crippen molar-refractivity contribution in [3.8, 4) is 0 Å². The fourth-order valence-corrected chi connectivity index (χ4v) is 2.74. The number of rotatable bonds is 5. The lowest BCUT2D eigenvalue weighted by Gasteiger charge is -2.27. The Bertz CT molecular complexity index is 318. The van der Waals surface area contributed by atoms with Gasteiger partial charge in [0.25, 0.3) is 0 Å². The number of halogens is 1. The van der Waals surface area contributed by atoms with Crippen LogP contribution >= 0.6 is 11.6 Å². The van der Waals surface area contributed by atoms with Gasteiger partial charge in [0, 0.05) is 38.3 Å². The van der Waals surface area contributed by atoms with Crippen LogP contribution in [0.25, 0.3) is 0 Å². The Kier molecular flexibility index (Phi) is 4.24. The normalized spacial score (nSPS) is 17.4. The van der Waals surface area contributed by atoms with Crippen molar-refractivity contribution in [1.82, 2.24) is 14.7 Å². The van der Waals surface area contributed by atoms with Crippen molar-refractivity contribution in [2.45, 2.75) is 38.3 Å². The molecule has 0 aliphatic heterocycles. The van der Waals surface area contributed by atoms with Gasteiger partial charge in [0.05, 0.1) is 5.69 Å². The Morgan fingerprint density at radius 1 is 1.50 bits per heavy atom. The van der Waals surface area contributed by atoms with Gasteiger partial charge in [-0.15, -0.1) is 11.6 Å². The second-order valence-electron chi connectivity index (χ2n) is 4.58. The first-order valence-electron chi connectivity index (χ1n) is 6.08. The van der Waals surface area contributed by atoms with Crippen LogP contribution in [0.3, 0.4) is 0 Å². The molecule has 0 atom stereocenters. The third kappa shape index (κ3) is 2.98. The molecule has 4 heteroatoms. The summed E-state index contributed by atoms with van der Waals surface area (Å²) in [7, 11) is 1.96. The Balaban J connectivity index is 1.96. The monoisotopic (exact) mass is 241 g/mol. The van der Waals surface area contributed by atoms with Gasteiger partial charge in [0.2, 0.25) is 0 Å². The van der Waals surface area contributed by atoms with Crippen LogP contribution in [0.1, 0.15) is 31.4 Å². The van der Waals surface area contributed by atoms with Crippen LogP contribution < -0.4 is 0 Å². The van der Waals surface area contributed by atoms with Gasteiger partial charge in [0.15, 0.2) is 0 Å². The zero-order valence-corrected chi connectivity index (χ0v) is 10.7. The second kappa shape index (κ2) is 5.69. The summed E-state index contributed by atoms with van der Waals surface area (Å²) < 4.78 is 1.86. The summed E-state index contributed by atoms with van der Waals surface area (Å²) in [6.07, 6.45) is 7.38. The minimum Gasteiger partial charge on any atom is -0.293 e. The maximum atomic E-state index is 5.88. The molecule has 0 radical (unpaired) electrons. The third-order valence-corrected chi connectivity index (χ3v) is 3.52. The Morgan fingerprint density at radius 3 is 2.81 bits per heavy atom. The fourth-order valence-electron chi connectivity index (χ4n) is 2.52. The highest BCUT2D eigenvalue weighted by atomic mass is 35.5. The topological polar surface area (TPSA) is 21.1 Å². The van der Waals surface area contributed by atoms with Gasteiger partial charge in [-0.2, -0.15) is 5.10 Å². The molecule has 1 heterocycles. The Labute approximate surface area is 102 Å². The molecule has 3 nitrogen and oxygen atoms in total. The van der Waals surface area contributed by atoms with Gasteiger partial charge in [0.1, 0.15) is 0 Å². The zero-order chi connectivity index (χ0) is 11.4. The van der Waals surface area contributed by atoms with E-state index in [-0.39, 0.29) is 0 Å². The van der Waals surface area contributed by atoms with Crippen LogP contribution in [0, 0.1) is 0 Å². The molecule has 0 bridgehead atoms. The van der Waals surface area contributed by atoms with E-state index in [1.807, 2.05) is 17.9 Å². The predicted octanol–water partition coefficient (Wildman–Crippen LogP) is 2.40. The highest BCUT2D eigenvalue weighted by Crippen LogP contribution is 2.24. The number of hydrogen-bond donors (Lipinski definition) is 0. The highest BCUT2D eigenvalue weighted by molar-refractivity contribution is 6.18. The minimum atomic E-state index is 0.712. The molecular weight excluding hydrogens is 222 g/mol. The number of nitrogens with zero attached hydrogens (tertiary/aromatic N) is 3. The summed E-state index contributed by atoms with van der Waals surface area (Å²) in [4.78, 5) is 2.49. The van der Waals surface area contributed by atoms with Crippen molar-refractivity contribution in [3.05, 3.63) is 18.0 Å². The Hall–Kier alpha value is -0.540. The molecule has 0 N–H and O–H groups in total. The number of hydrogen-bond acceptors (Lipinski definition) is 2. The molecule has 1 aromatic heterocycles. The maximum Gasteiger partial charge on any atom is 0.0764 e. The first kappa shape index (κ1) is 11.9.